The zero-order valence-electron chi connectivity index (χ0n) is 14.1. The van der Waals surface area contributed by atoms with Crippen molar-refractivity contribution in [3.63, 3.8) is 0 Å². The van der Waals surface area contributed by atoms with E-state index in [2.05, 4.69) is 11.1 Å². The molecule has 1 N–H and O–H groups in total. The number of hydrogen-bond donors (Lipinski definition) is 1. The Balaban J connectivity index is 1.91. The molecule has 0 amide bonds. The molecular weight excluding hydrogens is 320 g/mol. The predicted molar refractivity (Wildman–Crippen MR) is 88.6 cm³/mol. The molecule has 0 unspecified atom stereocenters. The number of pyridine rings is 1. The Labute approximate surface area is 145 Å². The second-order valence-electron chi connectivity index (χ2n) is 6.38. The molecule has 6 heteroatoms. The number of benzene rings is 1. The normalized spacial score (nSPS) is 26.3. The van der Waals surface area contributed by atoms with Gasteiger partial charge in [0.05, 0.1) is 31.4 Å². The quantitative estimate of drug-likeness (QED) is 0.926. The van der Waals surface area contributed by atoms with Gasteiger partial charge in [0.15, 0.2) is 5.60 Å². The topological polar surface area (TPSA) is 84.6 Å². The lowest BCUT2D eigenvalue weighted by Gasteiger charge is -2.35. The summed E-state index contributed by atoms with van der Waals surface area (Å²) in [5.74, 6) is 1.21. The summed E-state index contributed by atoms with van der Waals surface area (Å²) in [5, 5.41) is 20.7. The monoisotopic (exact) mass is 338 g/mol. The van der Waals surface area contributed by atoms with Crippen LogP contribution in [0.1, 0.15) is 36.0 Å². The van der Waals surface area contributed by atoms with E-state index in [9.17, 15) is 5.11 Å². The van der Waals surface area contributed by atoms with Crippen LogP contribution in [0.25, 0.3) is 0 Å². The fourth-order valence-electron chi connectivity index (χ4n) is 4.10. The fourth-order valence-corrected chi connectivity index (χ4v) is 4.10. The molecule has 1 aliphatic carbocycles. The van der Waals surface area contributed by atoms with Crippen molar-refractivity contribution in [1.29, 1.82) is 5.26 Å². The van der Waals surface area contributed by atoms with Gasteiger partial charge in [0, 0.05) is 6.07 Å². The lowest BCUT2D eigenvalue weighted by Crippen LogP contribution is -2.44. The van der Waals surface area contributed by atoms with Crippen molar-refractivity contribution in [3.05, 3.63) is 47.0 Å². The van der Waals surface area contributed by atoms with Crippen LogP contribution < -0.4 is 14.2 Å². The van der Waals surface area contributed by atoms with Gasteiger partial charge in [-0.15, -0.1) is 0 Å². The summed E-state index contributed by atoms with van der Waals surface area (Å²) >= 11 is 0. The number of nitrogens with zero attached hydrogens (tertiary/aromatic N) is 2. The minimum Gasteiger partial charge on any atom is -0.481 e. The Kier molecular flexibility index (Phi) is 3.37. The molecule has 0 spiro atoms. The molecule has 1 aromatic carbocycles. The number of fused-ring (bicyclic) bond motifs is 3. The third-order valence-corrected chi connectivity index (χ3v) is 5.24. The number of ether oxygens (including phenoxy) is 3. The van der Waals surface area contributed by atoms with Gasteiger partial charge in [-0.05, 0) is 37.0 Å². The van der Waals surface area contributed by atoms with Gasteiger partial charge in [0.2, 0.25) is 11.8 Å². The molecular formula is C19H18N2O4. The lowest BCUT2D eigenvalue weighted by atomic mass is 9.78. The number of aliphatic hydroxyl groups is 1. The van der Waals surface area contributed by atoms with Crippen molar-refractivity contribution >= 4 is 0 Å². The number of methoxy groups -OCH3 is 2. The first-order valence-electron chi connectivity index (χ1n) is 8.13. The van der Waals surface area contributed by atoms with E-state index in [0.717, 1.165) is 12.0 Å². The van der Waals surface area contributed by atoms with E-state index in [-0.39, 0.29) is 0 Å². The standard InChI is InChI=1S/C19H18N2O4/c1-23-15-10-14-16(17(21-15)24-2)18(22)8-3-9-19(18,25-14)13-6-4-12(11-20)5-7-13/h4-7,10,22H,3,8-9H2,1-2H3/t18-,19-/m1/s1. The van der Waals surface area contributed by atoms with Crippen molar-refractivity contribution in [2.75, 3.05) is 14.2 Å². The Morgan fingerprint density at radius 1 is 1.20 bits per heavy atom. The van der Waals surface area contributed by atoms with Crippen molar-refractivity contribution in [2.45, 2.75) is 30.5 Å². The van der Waals surface area contributed by atoms with E-state index in [1.54, 1.807) is 18.2 Å². The van der Waals surface area contributed by atoms with E-state index < -0.39 is 11.2 Å². The molecule has 2 atom stereocenters. The minimum atomic E-state index is -1.24. The third-order valence-electron chi connectivity index (χ3n) is 5.24. The Bertz CT molecular complexity index is 874. The van der Waals surface area contributed by atoms with Crippen molar-refractivity contribution in [1.82, 2.24) is 4.98 Å². The molecule has 1 aromatic heterocycles. The van der Waals surface area contributed by atoms with Gasteiger partial charge in [-0.2, -0.15) is 10.2 Å². The van der Waals surface area contributed by atoms with Crippen LogP contribution >= 0.6 is 0 Å². The first-order chi connectivity index (χ1) is 12.1. The van der Waals surface area contributed by atoms with Gasteiger partial charge in [0.1, 0.15) is 11.4 Å². The van der Waals surface area contributed by atoms with Crippen LogP contribution in [0.3, 0.4) is 0 Å². The second kappa shape index (κ2) is 5.36. The molecule has 1 aliphatic heterocycles. The van der Waals surface area contributed by atoms with Crippen LogP contribution in [-0.4, -0.2) is 24.3 Å². The number of hydrogen-bond acceptors (Lipinski definition) is 6. The minimum absolute atomic E-state index is 0.314. The van der Waals surface area contributed by atoms with Gasteiger partial charge >= 0.3 is 0 Å². The van der Waals surface area contributed by atoms with Crippen LogP contribution in [0.5, 0.6) is 17.5 Å². The zero-order chi connectivity index (χ0) is 17.7. The van der Waals surface area contributed by atoms with Crippen LogP contribution in [0.4, 0.5) is 0 Å². The highest BCUT2D eigenvalue weighted by Gasteiger charge is 2.65. The molecule has 2 aromatic rings. The summed E-state index contributed by atoms with van der Waals surface area (Å²) in [5.41, 5.74) is -0.175. The Morgan fingerprint density at radius 3 is 2.60 bits per heavy atom. The molecule has 4 rings (SSSR count). The maximum Gasteiger partial charge on any atom is 0.226 e. The SMILES string of the molecule is COc1cc2c(c(OC)n1)[C@]1(O)CCC[C@]1(c1ccc(C#N)cc1)O2. The predicted octanol–water partition coefficient (Wildman–Crippen LogP) is 2.63. The number of aromatic nitrogens is 1. The average Bonchev–Trinajstić information content (AvgIpc) is 3.10. The summed E-state index contributed by atoms with van der Waals surface area (Å²) in [6.07, 6.45) is 2.02. The Hall–Kier alpha value is -2.78. The third kappa shape index (κ3) is 1.96. The maximum absolute atomic E-state index is 11.6. The lowest BCUT2D eigenvalue weighted by molar-refractivity contribution is -0.0981. The number of nitriles is 1. The average molecular weight is 338 g/mol. The van der Waals surface area contributed by atoms with Crippen LogP contribution in [-0.2, 0) is 11.2 Å². The van der Waals surface area contributed by atoms with Gasteiger partial charge in [-0.1, -0.05) is 12.1 Å². The van der Waals surface area contributed by atoms with Crippen molar-refractivity contribution in [3.8, 4) is 23.6 Å². The van der Waals surface area contributed by atoms with Crippen LogP contribution in [0.15, 0.2) is 30.3 Å². The first kappa shape index (κ1) is 15.7. The highest BCUT2D eigenvalue weighted by Crippen LogP contribution is 2.63. The largest absolute Gasteiger partial charge is 0.481 e. The van der Waals surface area contributed by atoms with E-state index in [4.69, 9.17) is 19.5 Å². The molecule has 128 valence electrons. The van der Waals surface area contributed by atoms with Crippen molar-refractivity contribution in [2.24, 2.45) is 0 Å². The molecule has 1 saturated carbocycles. The van der Waals surface area contributed by atoms with Crippen LogP contribution in [0, 0.1) is 11.3 Å². The molecule has 1 fully saturated rings. The van der Waals surface area contributed by atoms with E-state index in [1.807, 2.05) is 12.1 Å². The van der Waals surface area contributed by atoms with E-state index >= 15 is 0 Å². The molecule has 2 heterocycles. The summed E-state index contributed by atoms with van der Waals surface area (Å²) in [4.78, 5) is 4.31. The fraction of sp³-hybridized carbons (Fsp3) is 0.368. The maximum atomic E-state index is 11.6. The van der Waals surface area contributed by atoms with Gasteiger partial charge in [-0.25, -0.2) is 0 Å². The van der Waals surface area contributed by atoms with Gasteiger partial charge in [-0.3, -0.25) is 0 Å². The molecule has 0 radical (unpaired) electrons. The molecule has 2 aliphatic rings. The summed E-state index contributed by atoms with van der Waals surface area (Å²) in [7, 11) is 3.04. The molecule has 0 saturated heterocycles. The van der Waals surface area contributed by atoms with Crippen molar-refractivity contribution < 1.29 is 19.3 Å². The van der Waals surface area contributed by atoms with E-state index in [1.165, 1.54) is 14.2 Å². The summed E-state index contributed by atoms with van der Waals surface area (Å²) in [6, 6.07) is 11.0. The van der Waals surface area contributed by atoms with E-state index in [0.29, 0.717) is 41.5 Å². The summed E-state index contributed by atoms with van der Waals surface area (Å²) in [6.45, 7) is 0. The van der Waals surface area contributed by atoms with Gasteiger partial charge in [0.25, 0.3) is 0 Å². The first-order valence-corrected chi connectivity index (χ1v) is 8.13. The smallest absolute Gasteiger partial charge is 0.226 e. The zero-order valence-corrected chi connectivity index (χ0v) is 14.1. The highest BCUT2D eigenvalue weighted by atomic mass is 16.5. The number of rotatable bonds is 3. The summed E-state index contributed by atoms with van der Waals surface area (Å²) < 4.78 is 17.0. The highest BCUT2D eigenvalue weighted by molar-refractivity contribution is 5.56. The van der Waals surface area contributed by atoms with Crippen LogP contribution in [0.2, 0.25) is 0 Å². The second-order valence-corrected chi connectivity index (χ2v) is 6.38. The van der Waals surface area contributed by atoms with Gasteiger partial charge < -0.3 is 19.3 Å². The molecule has 6 nitrogen and oxygen atoms in total. The molecule has 25 heavy (non-hydrogen) atoms. The molecule has 0 bridgehead atoms. The Morgan fingerprint density at radius 2 is 1.96 bits per heavy atom.